The van der Waals surface area contributed by atoms with Gasteiger partial charge in [-0.3, -0.25) is 0 Å². The Morgan fingerprint density at radius 1 is 1.24 bits per heavy atom. The Hall–Kier alpha value is -0.610. The maximum atomic E-state index is 13.0. The number of benzene rings is 1. The van der Waals surface area contributed by atoms with Crippen LogP contribution in [-0.4, -0.2) is 19.3 Å². The first kappa shape index (κ1) is 22.4. The molecule has 144 valence electrons. The maximum Gasteiger partial charge on any atom is 0.156 e. The van der Waals surface area contributed by atoms with Gasteiger partial charge in [0.25, 0.3) is 0 Å². The third-order valence-electron chi connectivity index (χ3n) is 4.56. The van der Waals surface area contributed by atoms with E-state index in [1.165, 1.54) is 64.6 Å². The van der Waals surface area contributed by atoms with Gasteiger partial charge in [0.15, 0.2) is 6.17 Å². The average molecular weight is 372 g/mol. The van der Waals surface area contributed by atoms with Gasteiger partial charge in [-0.25, -0.2) is 8.78 Å². The van der Waals surface area contributed by atoms with Gasteiger partial charge in [0, 0.05) is 4.90 Å². The summed E-state index contributed by atoms with van der Waals surface area (Å²) in [4.78, 5) is 0.649. The quantitative estimate of drug-likeness (QED) is 0.560. The van der Waals surface area contributed by atoms with Crippen LogP contribution in [-0.2, 0) is 0 Å². The monoisotopic (exact) mass is 371 g/mol. The van der Waals surface area contributed by atoms with Gasteiger partial charge < -0.3 is 5.32 Å². The Morgan fingerprint density at radius 2 is 1.96 bits per heavy atom. The molecule has 1 aromatic rings. The molecule has 1 heterocycles. The highest BCUT2D eigenvalue weighted by molar-refractivity contribution is 7.80. The summed E-state index contributed by atoms with van der Waals surface area (Å²) in [7, 11) is 0. The SMILES string of the molecule is CC(F)C(F)c1cccc(S)c1.CC1CCNC1.CCCCC1CC1. The van der Waals surface area contributed by atoms with Crippen molar-refractivity contribution in [1.82, 2.24) is 5.32 Å². The largest absolute Gasteiger partial charge is 0.316 e. The molecule has 3 rings (SSSR count). The second-order valence-electron chi connectivity index (χ2n) is 7.36. The van der Waals surface area contributed by atoms with Crippen molar-refractivity contribution in [2.45, 2.75) is 76.5 Å². The Morgan fingerprint density at radius 3 is 2.36 bits per heavy atom. The summed E-state index contributed by atoms with van der Waals surface area (Å²) in [5.41, 5.74) is 0.345. The number of halogens is 2. The first-order valence-electron chi connectivity index (χ1n) is 9.71. The minimum Gasteiger partial charge on any atom is -0.316 e. The Kier molecular flexibility index (Phi) is 11.4. The number of hydrogen-bond acceptors (Lipinski definition) is 2. The molecular weight excluding hydrogens is 336 g/mol. The van der Waals surface area contributed by atoms with E-state index in [0.717, 1.165) is 11.8 Å². The minimum atomic E-state index is -1.54. The van der Waals surface area contributed by atoms with Crippen molar-refractivity contribution in [3.8, 4) is 0 Å². The molecule has 3 atom stereocenters. The van der Waals surface area contributed by atoms with E-state index in [9.17, 15) is 8.78 Å². The number of alkyl halides is 2. The third kappa shape index (κ3) is 10.9. The minimum absolute atomic E-state index is 0.345. The van der Waals surface area contributed by atoms with Gasteiger partial charge >= 0.3 is 0 Å². The highest BCUT2D eigenvalue weighted by Gasteiger charge is 2.19. The van der Waals surface area contributed by atoms with E-state index < -0.39 is 12.3 Å². The summed E-state index contributed by atoms with van der Waals surface area (Å²) in [6.45, 7) is 8.22. The van der Waals surface area contributed by atoms with Crippen LogP contribution < -0.4 is 5.32 Å². The summed E-state index contributed by atoms with van der Waals surface area (Å²) >= 11 is 4.03. The first-order chi connectivity index (χ1) is 11.9. The fraction of sp³-hybridized carbons (Fsp3) is 0.714. The molecule has 25 heavy (non-hydrogen) atoms. The smallest absolute Gasteiger partial charge is 0.156 e. The van der Waals surface area contributed by atoms with Crippen molar-refractivity contribution in [3.05, 3.63) is 29.8 Å². The fourth-order valence-corrected chi connectivity index (χ4v) is 2.89. The molecule has 1 N–H and O–H groups in total. The normalized spacial score (nSPS) is 21.4. The first-order valence-corrected chi connectivity index (χ1v) is 10.2. The number of rotatable bonds is 5. The molecule has 1 saturated carbocycles. The lowest BCUT2D eigenvalue weighted by Gasteiger charge is -2.09. The molecule has 1 aliphatic heterocycles. The van der Waals surface area contributed by atoms with E-state index in [4.69, 9.17) is 0 Å². The van der Waals surface area contributed by atoms with Gasteiger partial charge in [-0.2, -0.15) is 0 Å². The van der Waals surface area contributed by atoms with Crippen LogP contribution in [0.4, 0.5) is 8.78 Å². The van der Waals surface area contributed by atoms with Gasteiger partial charge in [-0.05, 0) is 56.0 Å². The van der Waals surface area contributed by atoms with Crippen LogP contribution in [0.3, 0.4) is 0 Å². The number of nitrogens with one attached hydrogen (secondary N) is 1. The molecule has 2 fully saturated rings. The van der Waals surface area contributed by atoms with Gasteiger partial charge in [0.2, 0.25) is 0 Å². The lowest BCUT2D eigenvalue weighted by atomic mass is 10.1. The van der Waals surface area contributed by atoms with E-state index in [1.54, 1.807) is 18.2 Å². The molecule has 1 aliphatic carbocycles. The molecule has 2 aliphatic rings. The number of thiol groups is 1. The molecule has 3 unspecified atom stereocenters. The molecule has 0 aromatic heterocycles. The molecule has 1 aromatic carbocycles. The van der Waals surface area contributed by atoms with Gasteiger partial charge in [-0.15, -0.1) is 12.6 Å². The Bertz CT molecular complexity index is 457. The van der Waals surface area contributed by atoms with Gasteiger partial charge in [0.1, 0.15) is 6.17 Å². The highest BCUT2D eigenvalue weighted by atomic mass is 32.1. The summed E-state index contributed by atoms with van der Waals surface area (Å²) < 4.78 is 25.5. The van der Waals surface area contributed by atoms with Crippen molar-refractivity contribution in [2.24, 2.45) is 11.8 Å². The lowest BCUT2D eigenvalue weighted by Crippen LogP contribution is -2.06. The molecule has 0 amide bonds. The van der Waals surface area contributed by atoms with E-state index in [0.29, 0.717) is 10.5 Å². The van der Waals surface area contributed by atoms with Crippen molar-refractivity contribution in [1.29, 1.82) is 0 Å². The third-order valence-corrected chi connectivity index (χ3v) is 4.84. The van der Waals surface area contributed by atoms with Crippen LogP contribution >= 0.6 is 12.6 Å². The average Bonchev–Trinajstić information content (AvgIpc) is 3.31. The van der Waals surface area contributed by atoms with Crippen LogP contribution in [0.25, 0.3) is 0 Å². The molecule has 4 heteroatoms. The lowest BCUT2D eigenvalue weighted by molar-refractivity contribution is 0.184. The van der Waals surface area contributed by atoms with Crippen molar-refractivity contribution in [2.75, 3.05) is 13.1 Å². The number of unbranched alkanes of at least 4 members (excludes halogenated alkanes) is 1. The van der Waals surface area contributed by atoms with Gasteiger partial charge in [-0.1, -0.05) is 58.1 Å². The Balaban J connectivity index is 0.000000203. The fourth-order valence-electron chi connectivity index (χ4n) is 2.66. The van der Waals surface area contributed by atoms with E-state index in [1.807, 2.05) is 0 Å². The van der Waals surface area contributed by atoms with Gasteiger partial charge in [0.05, 0.1) is 0 Å². The zero-order chi connectivity index (χ0) is 18.7. The summed E-state index contributed by atoms with van der Waals surface area (Å²) in [5.74, 6) is 2.09. The van der Waals surface area contributed by atoms with Crippen molar-refractivity contribution < 1.29 is 8.78 Å². The molecule has 0 bridgehead atoms. The standard InChI is InChI=1S/C9H10F2S.C7H14.C5H11N/c1-6(10)9(11)7-3-2-4-8(12)5-7;1-2-3-4-7-5-6-7;1-5-2-3-6-4-5/h2-6,9,12H,1H3;7H,2-6H2,1H3;5-6H,2-4H2,1H3. The van der Waals surface area contributed by atoms with Crippen LogP contribution in [0, 0.1) is 11.8 Å². The van der Waals surface area contributed by atoms with E-state index in [2.05, 4.69) is 31.8 Å². The zero-order valence-corrected chi connectivity index (χ0v) is 16.9. The van der Waals surface area contributed by atoms with Crippen LogP contribution in [0.5, 0.6) is 0 Å². The molecule has 0 radical (unpaired) electrons. The summed E-state index contributed by atoms with van der Waals surface area (Å²) in [6, 6.07) is 6.47. The Labute approximate surface area is 158 Å². The predicted octanol–water partition coefficient (Wildman–Crippen LogP) is 6.55. The molecular formula is C21H35F2NS. The molecule has 1 nitrogen and oxygen atoms in total. The van der Waals surface area contributed by atoms with Crippen LogP contribution in [0.2, 0.25) is 0 Å². The second kappa shape index (κ2) is 12.7. The van der Waals surface area contributed by atoms with E-state index >= 15 is 0 Å². The topological polar surface area (TPSA) is 12.0 Å². The number of hydrogen-bond donors (Lipinski definition) is 2. The maximum absolute atomic E-state index is 13.0. The second-order valence-corrected chi connectivity index (χ2v) is 7.87. The van der Waals surface area contributed by atoms with Crippen LogP contribution in [0.15, 0.2) is 29.2 Å². The zero-order valence-electron chi connectivity index (χ0n) is 16.0. The molecule has 1 saturated heterocycles. The van der Waals surface area contributed by atoms with E-state index in [-0.39, 0.29) is 0 Å². The van der Waals surface area contributed by atoms with Crippen molar-refractivity contribution >= 4 is 12.6 Å². The summed E-state index contributed by atoms with van der Waals surface area (Å²) in [6.07, 6.45) is 5.77. The van der Waals surface area contributed by atoms with Crippen molar-refractivity contribution in [3.63, 3.8) is 0 Å². The molecule has 0 spiro atoms. The highest BCUT2D eigenvalue weighted by Crippen LogP contribution is 2.33. The van der Waals surface area contributed by atoms with Crippen LogP contribution in [0.1, 0.15) is 71.0 Å². The predicted molar refractivity (Wildman–Crippen MR) is 107 cm³/mol. The summed E-state index contributed by atoms with van der Waals surface area (Å²) in [5, 5.41) is 3.27.